The maximum atomic E-state index is 12.6. The van der Waals surface area contributed by atoms with Gasteiger partial charge in [-0.3, -0.25) is 14.4 Å². The monoisotopic (exact) mass is 390 g/mol. The molecule has 0 bridgehead atoms. The van der Waals surface area contributed by atoms with Crippen molar-refractivity contribution in [2.24, 2.45) is 11.8 Å². The van der Waals surface area contributed by atoms with E-state index >= 15 is 0 Å². The summed E-state index contributed by atoms with van der Waals surface area (Å²) in [5, 5.41) is 12.3. The predicted octanol–water partition coefficient (Wildman–Crippen LogP) is 3.57. The summed E-state index contributed by atoms with van der Waals surface area (Å²) in [5.74, 6) is -2.77. The van der Waals surface area contributed by atoms with Crippen LogP contribution in [-0.2, 0) is 9.59 Å². The van der Waals surface area contributed by atoms with Crippen LogP contribution >= 0.6 is 11.6 Å². The molecular formula is C20H23ClN2O4. The van der Waals surface area contributed by atoms with Gasteiger partial charge in [0.25, 0.3) is 5.91 Å². The fourth-order valence-corrected chi connectivity index (χ4v) is 3.91. The lowest BCUT2D eigenvalue weighted by Crippen LogP contribution is -2.36. The molecule has 2 atom stereocenters. The summed E-state index contributed by atoms with van der Waals surface area (Å²) in [7, 11) is 0. The normalized spacial score (nSPS) is 22.3. The number of piperidine rings is 1. The zero-order valence-electron chi connectivity index (χ0n) is 15.0. The zero-order chi connectivity index (χ0) is 19.4. The molecule has 2 amide bonds. The Kier molecular flexibility index (Phi) is 6.16. The molecule has 0 aromatic heterocycles. The number of carbonyl (C=O) groups is 3. The van der Waals surface area contributed by atoms with Crippen molar-refractivity contribution in [2.75, 3.05) is 18.4 Å². The van der Waals surface area contributed by atoms with Crippen LogP contribution in [0.25, 0.3) is 0 Å². The molecule has 1 heterocycles. The Morgan fingerprint density at radius 2 is 1.70 bits per heavy atom. The Balaban J connectivity index is 1.70. The van der Waals surface area contributed by atoms with Crippen molar-refractivity contribution >= 4 is 35.1 Å². The average molecular weight is 391 g/mol. The molecule has 1 aliphatic heterocycles. The van der Waals surface area contributed by atoms with Gasteiger partial charge in [0.1, 0.15) is 0 Å². The number of anilines is 1. The van der Waals surface area contributed by atoms with E-state index in [0.29, 0.717) is 24.1 Å². The van der Waals surface area contributed by atoms with Crippen molar-refractivity contribution < 1.29 is 19.5 Å². The number of hydrogen-bond donors (Lipinski definition) is 2. The Bertz CT molecular complexity index is 771. The number of nitrogens with zero attached hydrogens (tertiary/aromatic N) is 1. The number of amides is 2. The quantitative estimate of drug-likeness (QED) is 0.769. The number of rotatable bonds is 4. The highest BCUT2D eigenvalue weighted by atomic mass is 35.5. The van der Waals surface area contributed by atoms with E-state index in [-0.39, 0.29) is 16.8 Å². The van der Waals surface area contributed by atoms with Crippen LogP contribution in [0.3, 0.4) is 0 Å². The molecule has 1 saturated heterocycles. The highest BCUT2D eigenvalue weighted by Gasteiger charge is 2.34. The second-order valence-electron chi connectivity index (χ2n) is 7.03. The van der Waals surface area contributed by atoms with Gasteiger partial charge in [-0.25, -0.2) is 0 Å². The summed E-state index contributed by atoms with van der Waals surface area (Å²) >= 11 is 6.29. The van der Waals surface area contributed by atoms with Gasteiger partial charge in [-0.1, -0.05) is 23.8 Å². The summed E-state index contributed by atoms with van der Waals surface area (Å²) in [4.78, 5) is 38.3. The van der Waals surface area contributed by atoms with Gasteiger partial charge < -0.3 is 15.3 Å². The van der Waals surface area contributed by atoms with Crippen molar-refractivity contribution in [2.45, 2.75) is 32.1 Å². The van der Waals surface area contributed by atoms with Crippen molar-refractivity contribution in [1.29, 1.82) is 0 Å². The lowest BCUT2D eigenvalue weighted by atomic mass is 9.82. The Hall–Kier alpha value is -2.34. The number of benzene rings is 1. The van der Waals surface area contributed by atoms with E-state index in [1.807, 2.05) is 6.08 Å². The van der Waals surface area contributed by atoms with Crippen LogP contribution in [0.15, 0.2) is 30.4 Å². The minimum absolute atomic E-state index is 0.0964. The van der Waals surface area contributed by atoms with E-state index in [1.54, 1.807) is 29.2 Å². The number of carbonyl (C=O) groups excluding carboxylic acids is 2. The summed E-state index contributed by atoms with van der Waals surface area (Å²) in [6.45, 7) is 1.47. The van der Waals surface area contributed by atoms with E-state index in [0.717, 1.165) is 32.4 Å². The maximum Gasteiger partial charge on any atom is 0.307 e. The molecule has 27 heavy (non-hydrogen) atoms. The van der Waals surface area contributed by atoms with Crippen molar-refractivity contribution in [3.8, 4) is 0 Å². The fraction of sp³-hybridized carbons (Fsp3) is 0.450. The molecule has 0 radical (unpaired) electrons. The smallest absolute Gasteiger partial charge is 0.307 e. The zero-order valence-corrected chi connectivity index (χ0v) is 15.7. The van der Waals surface area contributed by atoms with E-state index in [9.17, 15) is 19.5 Å². The third-order valence-corrected chi connectivity index (χ3v) is 5.51. The molecular weight excluding hydrogens is 368 g/mol. The largest absolute Gasteiger partial charge is 0.481 e. The lowest BCUT2D eigenvalue weighted by Gasteiger charge is -2.27. The van der Waals surface area contributed by atoms with E-state index < -0.39 is 17.8 Å². The number of likely N-dealkylation sites (tertiary alicyclic amines) is 1. The number of carboxylic acids is 1. The Labute approximate surface area is 163 Å². The molecule has 3 rings (SSSR count). The first-order valence-electron chi connectivity index (χ1n) is 9.25. The van der Waals surface area contributed by atoms with Gasteiger partial charge in [-0.2, -0.15) is 0 Å². The van der Waals surface area contributed by atoms with Gasteiger partial charge >= 0.3 is 5.97 Å². The standard InChI is InChI=1S/C20H23ClN2O4/c21-17-12-13(8-9-16(17)19(25)23-10-4-1-5-11-23)22-18(24)14-6-2-3-7-15(14)20(26)27/h2-3,8-9,12,14-15H,1,4-7,10-11H2,(H,22,24)(H,26,27). The van der Waals surface area contributed by atoms with Crippen molar-refractivity contribution in [3.63, 3.8) is 0 Å². The molecule has 2 N–H and O–H groups in total. The summed E-state index contributed by atoms with van der Waals surface area (Å²) < 4.78 is 0. The number of hydrogen-bond acceptors (Lipinski definition) is 3. The predicted molar refractivity (Wildman–Crippen MR) is 103 cm³/mol. The summed E-state index contributed by atoms with van der Waals surface area (Å²) in [6.07, 6.45) is 7.49. The molecule has 1 aliphatic carbocycles. The molecule has 0 spiro atoms. The van der Waals surface area contributed by atoms with Crippen LogP contribution in [0, 0.1) is 11.8 Å². The lowest BCUT2D eigenvalue weighted by molar-refractivity contribution is -0.146. The second kappa shape index (κ2) is 8.57. The number of allylic oxidation sites excluding steroid dienone is 2. The van der Waals surface area contributed by atoms with Crippen molar-refractivity contribution in [3.05, 3.63) is 40.9 Å². The topological polar surface area (TPSA) is 86.7 Å². The van der Waals surface area contributed by atoms with Crippen LogP contribution in [-0.4, -0.2) is 40.9 Å². The first-order valence-corrected chi connectivity index (χ1v) is 9.62. The number of aliphatic carboxylic acids is 1. The average Bonchev–Trinajstić information content (AvgIpc) is 2.68. The van der Waals surface area contributed by atoms with Crippen molar-refractivity contribution in [1.82, 2.24) is 4.90 Å². The Morgan fingerprint density at radius 1 is 1.04 bits per heavy atom. The number of carboxylic acid groups (broad SMARTS) is 1. The van der Waals surface area contributed by atoms with E-state index in [2.05, 4.69) is 5.32 Å². The third-order valence-electron chi connectivity index (χ3n) is 5.20. The van der Waals surface area contributed by atoms with Crippen LogP contribution < -0.4 is 5.32 Å². The number of halogens is 1. The molecule has 2 aliphatic rings. The maximum absolute atomic E-state index is 12.6. The van der Waals surface area contributed by atoms with Crippen LogP contribution in [0.1, 0.15) is 42.5 Å². The highest BCUT2D eigenvalue weighted by Crippen LogP contribution is 2.29. The third kappa shape index (κ3) is 4.50. The van der Waals surface area contributed by atoms with E-state index in [1.165, 1.54) is 0 Å². The molecule has 6 nitrogen and oxygen atoms in total. The SMILES string of the molecule is O=C(O)C1CC=CCC1C(=O)Nc1ccc(C(=O)N2CCCCC2)c(Cl)c1. The second-order valence-corrected chi connectivity index (χ2v) is 7.44. The van der Waals surface area contributed by atoms with E-state index in [4.69, 9.17) is 11.6 Å². The minimum atomic E-state index is -0.972. The summed E-state index contributed by atoms with van der Waals surface area (Å²) in [6, 6.07) is 4.80. The molecule has 144 valence electrons. The fourth-order valence-electron chi connectivity index (χ4n) is 3.65. The van der Waals surface area contributed by atoms with Crippen LogP contribution in [0.2, 0.25) is 5.02 Å². The molecule has 1 aromatic carbocycles. The van der Waals surface area contributed by atoms with Gasteiger partial charge in [0, 0.05) is 18.8 Å². The number of nitrogens with one attached hydrogen (secondary N) is 1. The van der Waals surface area contributed by atoms with Gasteiger partial charge in [-0.05, 0) is 50.3 Å². The van der Waals surface area contributed by atoms with Gasteiger partial charge in [0.15, 0.2) is 0 Å². The van der Waals surface area contributed by atoms with Gasteiger partial charge in [0.05, 0.1) is 22.4 Å². The highest BCUT2D eigenvalue weighted by molar-refractivity contribution is 6.34. The molecule has 0 saturated carbocycles. The Morgan fingerprint density at radius 3 is 2.33 bits per heavy atom. The van der Waals surface area contributed by atoms with Gasteiger partial charge in [-0.15, -0.1) is 0 Å². The molecule has 1 fully saturated rings. The summed E-state index contributed by atoms with van der Waals surface area (Å²) in [5.41, 5.74) is 0.875. The minimum Gasteiger partial charge on any atom is -0.481 e. The van der Waals surface area contributed by atoms with Crippen LogP contribution in [0.5, 0.6) is 0 Å². The molecule has 7 heteroatoms. The first kappa shape index (κ1) is 19.4. The first-order chi connectivity index (χ1) is 13.0. The molecule has 1 aromatic rings. The molecule has 2 unspecified atom stereocenters. The van der Waals surface area contributed by atoms with Gasteiger partial charge in [0.2, 0.25) is 5.91 Å². The van der Waals surface area contributed by atoms with Crippen LogP contribution in [0.4, 0.5) is 5.69 Å².